The van der Waals surface area contributed by atoms with E-state index in [9.17, 15) is 9.59 Å². The Morgan fingerprint density at radius 2 is 2.00 bits per heavy atom. The summed E-state index contributed by atoms with van der Waals surface area (Å²) in [6, 6.07) is 7.36. The fraction of sp³-hybridized carbons (Fsp3) is 0.467. The van der Waals surface area contributed by atoms with E-state index < -0.39 is 12.1 Å². The zero-order valence-electron chi connectivity index (χ0n) is 12.3. The number of carboxylic acid groups (broad SMARTS) is 1. The molecule has 0 aromatic heterocycles. The van der Waals surface area contributed by atoms with E-state index in [0.717, 1.165) is 5.69 Å². The number of carbonyl (C=O) groups is 2. The molecular weight excluding hydrogens is 272 g/mol. The van der Waals surface area contributed by atoms with E-state index in [1.807, 2.05) is 31.1 Å². The van der Waals surface area contributed by atoms with Crippen LogP contribution in [0.1, 0.15) is 16.8 Å². The number of anilines is 1. The van der Waals surface area contributed by atoms with Gasteiger partial charge in [0.2, 0.25) is 0 Å². The van der Waals surface area contributed by atoms with Crippen molar-refractivity contribution in [3.8, 4) is 0 Å². The van der Waals surface area contributed by atoms with E-state index in [4.69, 9.17) is 9.84 Å². The van der Waals surface area contributed by atoms with Gasteiger partial charge in [-0.25, -0.2) is 0 Å². The zero-order chi connectivity index (χ0) is 15.4. The van der Waals surface area contributed by atoms with Crippen LogP contribution >= 0.6 is 0 Å². The van der Waals surface area contributed by atoms with Gasteiger partial charge in [-0.05, 0) is 24.3 Å². The van der Waals surface area contributed by atoms with Crippen LogP contribution in [0.2, 0.25) is 0 Å². The van der Waals surface area contributed by atoms with Crippen molar-refractivity contribution in [2.45, 2.75) is 12.5 Å². The van der Waals surface area contributed by atoms with Gasteiger partial charge in [0, 0.05) is 38.4 Å². The van der Waals surface area contributed by atoms with Crippen LogP contribution in [0.15, 0.2) is 24.3 Å². The Morgan fingerprint density at radius 3 is 2.57 bits per heavy atom. The minimum Gasteiger partial charge on any atom is -0.481 e. The molecule has 1 aromatic rings. The Balaban J connectivity index is 2.03. The minimum absolute atomic E-state index is 0.0800. The largest absolute Gasteiger partial charge is 0.481 e. The number of ether oxygens (including phenoxy) is 1. The third-order valence-corrected chi connectivity index (χ3v) is 3.46. The van der Waals surface area contributed by atoms with Crippen molar-refractivity contribution in [3.63, 3.8) is 0 Å². The van der Waals surface area contributed by atoms with Gasteiger partial charge in [-0.15, -0.1) is 0 Å². The number of rotatable bonds is 4. The van der Waals surface area contributed by atoms with E-state index in [2.05, 4.69) is 0 Å². The van der Waals surface area contributed by atoms with E-state index in [-0.39, 0.29) is 12.3 Å². The predicted molar refractivity (Wildman–Crippen MR) is 78.7 cm³/mol. The van der Waals surface area contributed by atoms with Gasteiger partial charge in [0.1, 0.15) is 0 Å². The molecule has 2 rings (SSSR count). The summed E-state index contributed by atoms with van der Waals surface area (Å²) in [6.07, 6.45) is -0.509. The highest BCUT2D eigenvalue weighted by molar-refractivity contribution is 5.94. The van der Waals surface area contributed by atoms with Gasteiger partial charge in [-0.1, -0.05) is 0 Å². The van der Waals surface area contributed by atoms with Crippen LogP contribution in [-0.2, 0) is 9.53 Å². The maximum Gasteiger partial charge on any atom is 0.306 e. The summed E-state index contributed by atoms with van der Waals surface area (Å²) in [6.45, 7) is 1.18. The maximum absolute atomic E-state index is 12.4. The number of morpholine rings is 1. The second-order valence-electron chi connectivity index (χ2n) is 5.28. The smallest absolute Gasteiger partial charge is 0.306 e. The summed E-state index contributed by atoms with van der Waals surface area (Å²) in [5, 5.41) is 8.80. The molecule has 0 spiro atoms. The molecular formula is C15H20N2O4. The van der Waals surface area contributed by atoms with E-state index in [0.29, 0.717) is 25.3 Å². The highest BCUT2D eigenvalue weighted by Gasteiger charge is 2.26. The molecule has 0 saturated carbocycles. The third kappa shape index (κ3) is 3.95. The van der Waals surface area contributed by atoms with Crippen LogP contribution in [0.4, 0.5) is 5.69 Å². The van der Waals surface area contributed by atoms with Crippen LogP contribution < -0.4 is 4.90 Å². The molecule has 0 radical (unpaired) electrons. The van der Waals surface area contributed by atoms with Gasteiger partial charge in [-0.2, -0.15) is 0 Å². The second-order valence-corrected chi connectivity index (χ2v) is 5.28. The van der Waals surface area contributed by atoms with E-state index in [1.165, 1.54) is 0 Å². The van der Waals surface area contributed by atoms with Gasteiger partial charge >= 0.3 is 5.97 Å². The van der Waals surface area contributed by atoms with Crippen molar-refractivity contribution in [2.24, 2.45) is 0 Å². The SMILES string of the molecule is CN(C)c1ccc(C(=O)N2CCOC(CC(=O)O)C2)cc1. The molecule has 21 heavy (non-hydrogen) atoms. The zero-order valence-corrected chi connectivity index (χ0v) is 12.3. The number of hydrogen-bond donors (Lipinski definition) is 1. The number of benzene rings is 1. The molecule has 1 aliphatic heterocycles. The Kier molecular flexibility index (Phi) is 4.80. The monoisotopic (exact) mass is 292 g/mol. The van der Waals surface area contributed by atoms with Crippen molar-refractivity contribution < 1.29 is 19.4 Å². The molecule has 1 N–H and O–H groups in total. The molecule has 114 valence electrons. The van der Waals surface area contributed by atoms with Gasteiger partial charge in [0.25, 0.3) is 5.91 Å². The fourth-order valence-electron chi connectivity index (χ4n) is 2.31. The fourth-order valence-corrected chi connectivity index (χ4v) is 2.31. The van der Waals surface area contributed by atoms with Crippen LogP contribution in [0.5, 0.6) is 0 Å². The first kappa shape index (κ1) is 15.3. The lowest BCUT2D eigenvalue weighted by Gasteiger charge is -2.32. The first-order valence-electron chi connectivity index (χ1n) is 6.87. The van der Waals surface area contributed by atoms with E-state index in [1.54, 1.807) is 17.0 Å². The molecule has 1 saturated heterocycles. The molecule has 1 atom stereocenters. The maximum atomic E-state index is 12.4. The number of carbonyl (C=O) groups excluding carboxylic acids is 1. The standard InChI is InChI=1S/C15H20N2O4/c1-16(2)12-5-3-11(4-6-12)15(20)17-7-8-21-13(10-17)9-14(18)19/h3-6,13H,7-10H2,1-2H3,(H,18,19). The highest BCUT2D eigenvalue weighted by Crippen LogP contribution is 2.16. The van der Waals surface area contributed by atoms with Crippen LogP contribution in [0, 0.1) is 0 Å². The summed E-state index contributed by atoms with van der Waals surface area (Å²) >= 11 is 0. The van der Waals surface area contributed by atoms with Crippen molar-refractivity contribution in [3.05, 3.63) is 29.8 Å². The molecule has 0 bridgehead atoms. The highest BCUT2D eigenvalue weighted by atomic mass is 16.5. The molecule has 1 amide bonds. The molecule has 1 unspecified atom stereocenters. The molecule has 1 aliphatic rings. The molecule has 6 nitrogen and oxygen atoms in total. The molecule has 1 aromatic carbocycles. The predicted octanol–water partition coefficient (Wildman–Crippen LogP) is 1.07. The first-order valence-corrected chi connectivity index (χ1v) is 6.87. The number of carboxylic acids is 1. The summed E-state index contributed by atoms with van der Waals surface area (Å²) in [4.78, 5) is 26.8. The van der Waals surface area contributed by atoms with Gasteiger partial charge in [0.05, 0.1) is 19.1 Å². The average Bonchev–Trinajstić information content (AvgIpc) is 2.46. The third-order valence-electron chi connectivity index (χ3n) is 3.46. The summed E-state index contributed by atoms with van der Waals surface area (Å²) in [7, 11) is 3.88. The summed E-state index contributed by atoms with van der Waals surface area (Å²) < 4.78 is 5.37. The summed E-state index contributed by atoms with van der Waals surface area (Å²) in [5.74, 6) is -0.997. The van der Waals surface area contributed by atoms with Crippen LogP contribution in [0.25, 0.3) is 0 Å². The number of nitrogens with zero attached hydrogens (tertiary/aromatic N) is 2. The van der Waals surface area contributed by atoms with E-state index >= 15 is 0 Å². The lowest BCUT2D eigenvalue weighted by Crippen LogP contribution is -2.46. The van der Waals surface area contributed by atoms with Gasteiger partial charge < -0.3 is 19.6 Å². The van der Waals surface area contributed by atoms with Crippen molar-refractivity contribution in [2.75, 3.05) is 38.7 Å². The van der Waals surface area contributed by atoms with Crippen molar-refractivity contribution >= 4 is 17.6 Å². The molecule has 1 heterocycles. The Morgan fingerprint density at radius 1 is 1.33 bits per heavy atom. The van der Waals surface area contributed by atoms with Crippen LogP contribution in [0.3, 0.4) is 0 Å². The number of aliphatic carboxylic acids is 1. The lowest BCUT2D eigenvalue weighted by atomic mass is 10.1. The quantitative estimate of drug-likeness (QED) is 0.899. The normalized spacial score (nSPS) is 18.4. The lowest BCUT2D eigenvalue weighted by molar-refractivity contribution is -0.141. The van der Waals surface area contributed by atoms with Crippen LogP contribution in [-0.4, -0.2) is 61.8 Å². The Bertz CT molecular complexity index is 513. The summed E-state index contributed by atoms with van der Waals surface area (Å²) in [5.41, 5.74) is 1.63. The average molecular weight is 292 g/mol. The Hall–Kier alpha value is -2.08. The van der Waals surface area contributed by atoms with Gasteiger partial charge in [0.15, 0.2) is 0 Å². The first-order chi connectivity index (χ1) is 9.97. The molecule has 6 heteroatoms. The van der Waals surface area contributed by atoms with Gasteiger partial charge in [-0.3, -0.25) is 9.59 Å². The Labute approximate surface area is 123 Å². The number of hydrogen-bond acceptors (Lipinski definition) is 4. The van der Waals surface area contributed by atoms with Crippen molar-refractivity contribution in [1.82, 2.24) is 4.90 Å². The topological polar surface area (TPSA) is 70.1 Å². The second kappa shape index (κ2) is 6.58. The molecule has 1 fully saturated rings. The molecule has 0 aliphatic carbocycles. The number of amides is 1. The minimum atomic E-state index is -0.912. The van der Waals surface area contributed by atoms with Crippen molar-refractivity contribution in [1.29, 1.82) is 0 Å².